The molecule has 1 aliphatic carbocycles. The molecular formula is C12H26N2O2S. The van der Waals surface area contributed by atoms with Gasteiger partial charge in [0.15, 0.2) is 0 Å². The Kier molecular flexibility index (Phi) is 5.89. The quantitative estimate of drug-likeness (QED) is 0.710. The maximum Gasteiger partial charge on any atom is 0.211 e. The molecule has 5 heteroatoms. The molecule has 0 aromatic rings. The van der Waals surface area contributed by atoms with Crippen molar-refractivity contribution in [2.24, 2.45) is 11.8 Å². The van der Waals surface area contributed by atoms with Crippen LogP contribution in [0.1, 0.15) is 39.5 Å². The Morgan fingerprint density at radius 1 is 1.18 bits per heavy atom. The predicted octanol–water partition coefficient (Wildman–Crippen LogP) is 1.34. The topological polar surface area (TPSA) is 58.2 Å². The number of nitrogens with one attached hydrogen (secondary N) is 2. The van der Waals surface area contributed by atoms with Gasteiger partial charge in [0.25, 0.3) is 0 Å². The Balaban J connectivity index is 2.37. The van der Waals surface area contributed by atoms with Crippen molar-refractivity contribution < 1.29 is 8.42 Å². The van der Waals surface area contributed by atoms with Crippen molar-refractivity contribution in [2.75, 3.05) is 19.3 Å². The van der Waals surface area contributed by atoms with Crippen LogP contribution in [0, 0.1) is 11.8 Å². The van der Waals surface area contributed by atoms with E-state index in [1.807, 2.05) is 7.05 Å². The highest BCUT2D eigenvalue weighted by Gasteiger charge is 2.27. The lowest BCUT2D eigenvalue weighted by Gasteiger charge is -2.32. The van der Waals surface area contributed by atoms with Crippen LogP contribution >= 0.6 is 0 Å². The number of rotatable bonds is 6. The highest BCUT2D eigenvalue weighted by molar-refractivity contribution is 7.89. The van der Waals surface area contributed by atoms with E-state index in [4.69, 9.17) is 0 Å². The Hall–Kier alpha value is -0.130. The molecule has 3 unspecified atom stereocenters. The molecule has 0 radical (unpaired) electrons. The van der Waals surface area contributed by atoms with Gasteiger partial charge < -0.3 is 5.32 Å². The lowest BCUT2D eigenvalue weighted by molar-refractivity contribution is 0.242. The summed E-state index contributed by atoms with van der Waals surface area (Å²) in [5, 5.41) is 2.96. The summed E-state index contributed by atoms with van der Waals surface area (Å²) in [6, 6.07) is 0.154. The summed E-state index contributed by atoms with van der Waals surface area (Å²) in [7, 11) is -1.25. The van der Waals surface area contributed by atoms with Gasteiger partial charge in [-0.25, -0.2) is 13.1 Å². The third kappa shape index (κ3) is 5.36. The predicted molar refractivity (Wildman–Crippen MR) is 71.4 cm³/mol. The molecule has 17 heavy (non-hydrogen) atoms. The molecule has 0 aliphatic heterocycles. The van der Waals surface area contributed by atoms with Crippen molar-refractivity contribution in [3.63, 3.8) is 0 Å². The molecule has 0 bridgehead atoms. The summed E-state index contributed by atoms with van der Waals surface area (Å²) in [6.07, 6.45) is 3.76. The van der Waals surface area contributed by atoms with Gasteiger partial charge in [-0.05, 0) is 51.1 Å². The van der Waals surface area contributed by atoms with Crippen LogP contribution in [0.2, 0.25) is 0 Å². The molecule has 0 amide bonds. The lowest BCUT2D eigenvalue weighted by Crippen LogP contribution is -2.41. The summed E-state index contributed by atoms with van der Waals surface area (Å²) >= 11 is 0. The molecule has 1 fully saturated rings. The molecule has 0 spiro atoms. The molecule has 1 saturated carbocycles. The molecule has 102 valence electrons. The Morgan fingerprint density at radius 3 is 2.47 bits per heavy atom. The fraction of sp³-hybridized carbons (Fsp3) is 1.00. The third-order valence-corrected chi connectivity index (χ3v) is 5.30. The average molecular weight is 262 g/mol. The first kappa shape index (κ1) is 14.9. The Morgan fingerprint density at radius 2 is 1.88 bits per heavy atom. The number of hydrogen-bond donors (Lipinski definition) is 2. The van der Waals surface area contributed by atoms with Crippen LogP contribution in [0.25, 0.3) is 0 Å². The van der Waals surface area contributed by atoms with Gasteiger partial charge in [-0.2, -0.15) is 0 Å². The highest BCUT2D eigenvalue weighted by Crippen LogP contribution is 2.29. The maximum absolute atomic E-state index is 11.8. The largest absolute Gasteiger partial charge is 0.320 e. The van der Waals surface area contributed by atoms with Gasteiger partial charge in [0.05, 0.1) is 5.75 Å². The van der Waals surface area contributed by atoms with Crippen molar-refractivity contribution >= 4 is 10.0 Å². The van der Waals surface area contributed by atoms with Crippen LogP contribution in [0.4, 0.5) is 0 Å². The Labute approximate surface area is 106 Å². The second kappa shape index (κ2) is 6.71. The van der Waals surface area contributed by atoms with Crippen molar-refractivity contribution in [3.8, 4) is 0 Å². The van der Waals surface area contributed by atoms with E-state index in [2.05, 4.69) is 23.9 Å². The summed E-state index contributed by atoms with van der Waals surface area (Å²) in [5.74, 6) is 1.57. The van der Waals surface area contributed by atoms with Crippen LogP contribution in [-0.2, 0) is 10.0 Å². The standard InChI is InChI=1S/C12H26N2O2S/c1-10-5-6-12(9-11(10)2)14-17(15,16)8-4-7-13-3/h10-14H,4-9H2,1-3H3. The van der Waals surface area contributed by atoms with Gasteiger partial charge in [-0.3, -0.25) is 0 Å². The van der Waals surface area contributed by atoms with E-state index in [0.29, 0.717) is 12.3 Å². The maximum atomic E-state index is 11.8. The minimum absolute atomic E-state index is 0.154. The molecule has 1 rings (SSSR count). The Bertz CT molecular complexity index is 316. The van der Waals surface area contributed by atoms with Crippen molar-refractivity contribution in [1.82, 2.24) is 10.0 Å². The van der Waals surface area contributed by atoms with Crippen LogP contribution < -0.4 is 10.0 Å². The van der Waals surface area contributed by atoms with E-state index in [1.165, 1.54) is 0 Å². The minimum atomic E-state index is -3.08. The zero-order valence-electron chi connectivity index (χ0n) is 11.2. The van der Waals surface area contributed by atoms with E-state index in [1.54, 1.807) is 0 Å². The summed E-state index contributed by atoms with van der Waals surface area (Å²) in [5.41, 5.74) is 0. The average Bonchev–Trinajstić information content (AvgIpc) is 2.23. The number of sulfonamides is 1. The van der Waals surface area contributed by atoms with E-state index >= 15 is 0 Å². The van der Waals surface area contributed by atoms with E-state index < -0.39 is 10.0 Å². The van der Waals surface area contributed by atoms with Gasteiger partial charge in [0.1, 0.15) is 0 Å². The van der Waals surface area contributed by atoms with Gasteiger partial charge in [0.2, 0.25) is 10.0 Å². The molecule has 3 atom stereocenters. The lowest BCUT2D eigenvalue weighted by atomic mass is 9.79. The van der Waals surface area contributed by atoms with Gasteiger partial charge in [-0.15, -0.1) is 0 Å². The fourth-order valence-corrected chi connectivity index (χ4v) is 3.77. The smallest absolute Gasteiger partial charge is 0.211 e. The van der Waals surface area contributed by atoms with E-state index in [-0.39, 0.29) is 11.8 Å². The molecule has 0 saturated heterocycles. The minimum Gasteiger partial charge on any atom is -0.320 e. The second-order valence-electron chi connectivity index (χ2n) is 5.36. The molecule has 2 N–H and O–H groups in total. The van der Waals surface area contributed by atoms with Crippen LogP contribution in [0.5, 0.6) is 0 Å². The summed E-state index contributed by atoms with van der Waals surface area (Å²) in [6.45, 7) is 5.22. The number of hydrogen-bond acceptors (Lipinski definition) is 3. The van der Waals surface area contributed by atoms with Gasteiger partial charge in [0, 0.05) is 6.04 Å². The first-order chi connectivity index (χ1) is 7.94. The highest BCUT2D eigenvalue weighted by atomic mass is 32.2. The van der Waals surface area contributed by atoms with Crippen LogP contribution in [0.15, 0.2) is 0 Å². The molecule has 0 heterocycles. The first-order valence-electron chi connectivity index (χ1n) is 6.59. The zero-order chi connectivity index (χ0) is 12.9. The van der Waals surface area contributed by atoms with Crippen LogP contribution in [-0.4, -0.2) is 33.8 Å². The second-order valence-corrected chi connectivity index (χ2v) is 7.23. The molecule has 0 aromatic heterocycles. The van der Waals surface area contributed by atoms with Gasteiger partial charge >= 0.3 is 0 Å². The van der Waals surface area contributed by atoms with E-state index in [9.17, 15) is 8.42 Å². The van der Waals surface area contributed by atoms with Gasteiger partial charge in [-0.1, -0.05) is 13.8 Å². The molecule has 0 aromatic carbocycles. The molecular weight excluding hydrogens is 236 g/mol. The fourth-order valence-electron chi connectivity index (χ4n) is 2.41. The first-order valence-corrected chi connectivity index (χ1v) is 8.24. The SMILES string of the molecule is CNCCCS(=O)(=O)NC1CCC(C)C(C)C1. The van der Waals surface area contributed by atoms with Crippen LogP contribution in [0.3, 0.4) is 0 Å². The van der Waals surface area contributed by atoms with Crippen molar-refractivity contribution in [3.05, 3.63) is 0 Å². The van der Waals surface area contributed by atoms with Crippen molar-refractivity contribution in [1.29, 1.82) is 0 Å². The molecule has 1 aliphatic rings. The monoisotopic (exact) mass is 262 g/mol. The summed E-state index contributed by atoms with van der Waals surface area (Å²) < 4.78 is 26.5. The molecule has 4 nitrogen and oxygen atoms in total. The van der Waals surface area contributed by atoms with Crippen molar-refractivity contribution in [2.45, 2.75) is 45.6 Å². The van der Waals surface area contributed by atoms with E-state index in [0.717, 1.165) is 31.7 Å². The zero-order valence-corrected chi connectivity index (χ0v) is 12.0. The summed E-state index contributed by atoms with van der Waals surface area (Å²) in [4.78, 5) is 0. The third-order valence-electron chi connectivity index (χ3n) is 3.78. The normalized spacial score (nSPS) is 30.4.